The molecule has 0 spiro atoms. The number of amidine groups is 1. The predicted octanol–water partition coefficient (Wildman–Crippen LogP) is 0.486. The van der Waals surface area contributed by atoms with Gasteiger partial charge in [-0.3, -0.25) is 15.0 Å². The van der Waals surface area contributed by atoms with Gasteiger partial charge in [-0.1, -0.05) is 23.0 Å². The summed E-state index contributed by atoms with van der Waals surface area (Å²) in [4.78, 5) is 28.0. The maximum Gasteiger partial charge on any atom is 0.672 e. The van der Waals surface area contributed by atoms with Crippen molar-refractivity contribution in [3.63, 3.8) is 0 Å². The molecule has 1 rings (SSSR count). The number of amides is 1. The summed E-state index contributed by atoms with van der Waals surface area (Å²) in [7, 11) is 1.17. The Morgan fingerprint density at radius 1 is 1.47 bits per heavy atom. The standard InChI is InChI=1S/C9H8N4O4/c1-17-12(7-5-3-2-4-6-7)9(14)8(11-10)13(15)16/h2-6H,1H3. The van der Waals surface area contributed by atoms with Crippen LogP contribution in [0.25, 0.3) is 5.53 Å². The van der Waals surface area contributed by atoms with E-state index < -0.39 is 16.7 Å². The molecule has 0 bridgehead atoms. The van der Waals surface area contributed by atoms with Gasteiger partial charge in [0.15, 0.2) is 4.92 Å². The van der Waals surface area contributed by atoms with E-state index in [-0.39, 0.29) is 5.69 Å². The molecule has 0 atom stereocenters. The van der Waals surface area contributed by atoms with E-state index in [4.69, 9.17) is 10.4 Å². The van der Waals surface area contributed by atoms with Gasteiger partial charge in [-0.15, -0.1) is 0 Å². The summed E-state index contributed by atoms with van der Waals surface area (Å²) < 4.78 is 0. The number of rotatable bonds is 2. The molecule has 0 fully saturated rings. The number of nitrogens with zero attached hydrogens (tertiary/aromatic N) is 4. The van der Waals surface area contributed by atoms with E-state index in [0.29, 0.717) is 5.06 Å². The second-order valence-corrected chi connectivity index (χ2v) is 2.80. The van der Waals surface area contributed by atoms with Crippen molar-refractivity contribution >= 4 is 17.4 Å². The highest BCUT2D eigenvalue weighted by Gasteiger charge is 2.40. The third kappa shape index (κ3) is 2.71. The zero-order valence-corrected chi connectivity index (χ0v) is 8.81. The average molecular weight is 236 g/mol. The van der Waals surface area contributed by atoms with Crippen LogP contribution in [-0.2, 0) is 9.63 Å². The van der Waals surface area contributed by atoms with Crippen LogP contribution in [0, 0.1) is 10.1 Å². The molecule has 1 amide bonds. The molecule has 0 aliphatic carbocycles. The average Bonchev–Trinajstić information content (AvgIpc) is 2.31. The van der Waals surface area contributed by atoms with Crippen molar-refractivity contribution in [1.82, 2.24) is 0 Å². The second-order valence-electron chi connectivity index (χ2n) is 2.80. The quantitative estimate of drug-likeness (QED) is 0.186. The van der Waals surface area contributed by atoms with Crippen LogP contribution in [-0.4, -0.2) is 28.6 Å². The molecule has 0 aliphatic heterocycles. The summed E-state index contributed by atoms with van der Waals surface area (Å²) in [5, 5.41) is 11.1. The fraction of sp³-hybridized carbons (Fsp3) is 0.111. The van der Waals surface area contributed by atoms with Gasteiger partial charge < -0.3 is 5.53 Å². The fourth-order valence-electron chi connectivity index (χ4n) is 1.12. The van der Waals surface area contributed by atoms with Crippen LogP contribution in [0.3, 0.4) is 0 Å². The Morgan fingerprint density at radius 2 is 2.06 bits per heavy atom. The Labute approximate surface area is 95.8 Å². The van der Waals surface area contributed by atoms with Crippen LogP contribution in [0.1, 0.15) is 0 Å². The summed E-state index contributed by atoms with van der Waals surface area (Å²) in [5.74, 6) is -2.40. The predicted molar refractivity (Wildman–Crippen MR) is 56.6 cm³/mol. The highest BCUT2D eigenvalue weighted by atomic mass is 16.7. The van der Waals surface area contributed by atoms with Gasteiger partial charge in [0.1, 0.15) is 0 Å². The van der Waals surface area contributed by atoms with E-state index in [1.165, 1.54) is 19.2 Å². The summed E-state index contributed by atoms with van der Waals surface area (Å²) in [6.07, 6.45) is 0. The fourth-order valence-corrected chi connectivity index (χ4v) is 1.12. The molecule has 0 heterocycles. The number of hydrogen-bond donors (Lipinski definition) is 0. The van der Waals surface area contributed by atoms with Gasteiger partial charge in [-0.2, -0.15) is 5.06 Å². The Hall–Kier alpha value is -2.57. The van der Waals surface area contributed by atoms with E-state index in [9.17, 15) is 14.9 Å². The Morgan fingerprint density at radius 3 is 2.47 bits per heavy atom. The monoisotopic (exact) mass is 236 g/mol. The van der Waals surface area contributed by atoms with E-state index in [2.05, 4.69) is 4.79 Å². The van der Waals surface area contributed by atoms with Crippen LogP contribution in [0.15, 0.2) is 30.3 Å². The van der Waals surface area contributed by atoms with Gasteiger partial charge in [-0.25, -0.2) is 4.79 Å². The molecule has 0 N–H and O–H groups in total. The van der Waals surface area contributed by atoms with Crippen LogP contribution >= 0.6 is 0 Å². The second kappa shape index (κ2) is 5.50. The number of hydrogen-bond acceptors (Lipinski definition) is 4. The number of nitro groups is 1. The molecule has 88 valence electrons. The van der Waals surface area contributed by atoms with Gasteiger partial charge in [0.25, 0.3) is 0 Å². The first kappa shape index (κ1) is 12.5. The van der Waals surface area contributed by atoms with Gasteiger partial charge in [0.2, 0.25) is 0 Å². The van der Waals surface area contributed by atoms with Gasteiger partial charge in [0.05, 0.1) is 12.8 Å². The zero-order valence-electron chi connectivity index (χ0n) is 8.81. The van der Waals surface area contributed by atoms with Crippen molar-refractivity contribution in [3.8, 4) is 0 Å². The maximum atomic E-state index is 11.6. The Bertz CT molecular complexity index is 481. The molecule has 0 saturated heterocycles. The molecule has 0 aliphatic rings. The first-order valence-electron chi connectivity index (χ1n) is 4.42. The minimum atomic E-state index is -1.23. The minimum Gasteiger partial charge on any atom is -0.354 e. The smallest absolute Gasteiger partial charge is 0.354 e. The lowest BCUT2D eigenvalue weighted by Crippen LogP contribution is -2.39. The molecule has 17 heavy (non-hydrogen) atoms. The van der Waals surface area contributed by atoms with Crippen molar-refractivity contribution in [1.29, 1.82) is 0 Å². The largest absolute Gasteiger partial charge is 0.672 e. The molecule has 0 aromatic heterocycles. The lowest BCUT2D eigenvalue weighted by molar-refractivity contribution is -0.381. The summed E-state index contributed by atoms with van der Waals surface area (Å²) in [5.41, 5.74) is 8.68. The normalized spacial score (nSPS) is 9.24. The minimum absolute atomic E-state index is 0.281. The lowest BCUT2D eigenvalue weighted by atomic mass is 10.3. The van der Waals surface area contributed by atoms with Crippen molar-refractivity contribution in [2.75, 3.05) is 12.2 Å². The number of hydroxylamine groups is 1. The highest BCUT2D eigenvalue weighted by Crippen LogP contribution is 2.13. The first-order valence-corrected chi connectivity index (χ1v) is 4.42. The number of anilines is 1. The van der Waals surface area contributed by atoms with Crippen molar-refractivity contribution in [2.45, 2.75) is 0 Å². The molecule has 0 unspecified atom stereocenters. The van der Waals surface area contributed by atoms with E-state index in [1.807, 2.05) is 0 Å². The number of carbonyl (C=O) groups excluding carboxylic acids is 1. The molecule has 1 aromatic rings. The van der Waals surface area contributed by atoms with Gasteiger partial charge >= 0.3 is 11.7 Å². The van der Waals surface area contributed by atoms with E-state index >= 15 is 0 Å². The SMILES string of the molecule is CON(C(=O)C(=[N+]=[N-])[N+](=O)[O-])c1ccccc1. The Kier molecular flexibility index (Phi) is 4.04. The third-order valence-corrected chi connectivity index (χ3v) is 1.82. The van der Waals surface area contributed by atoms with Crippen LogP contribution < -0.4 is 5.06 Å². The molecule has 8 nitrogen and oxygen atoms in total. The summed E-state index contributed by atoms with van der Waals surface area (Å²) >= 11 is 0. The number of benzene rings is 1. The van der Waals surface area contributed by atoms with E-state index in [1.54, 1.807) is 18.2 Å². The van der Waals surface area contributed by atoms with Crippen molar-refractivity contribution < 1.29 is 19.3 Å². The lowest BCUT2D eigenvalue weighted by Gasteiger charge is -2.14. The van der Waals surface area contributed by atoms with Crippen LogP contribution in [0.5, 0.6) is 0 Å². The molecular formula is C9H8N4O4. The number of para-hydroxylation sites is 1. The van der Waals surface area contributed by atoms with Crippen molar-refractivity contribution in [3.05, 3.63) is 46.0 Å². The third-order valence-electron chi connectivity index (χ3n) is 1.82. The van der Waals surface area contributed by atoms with Crippen molar-refractivity contribution in [2.24, 2.45) is 0 Å². The maximum absolute atomic E-state index is 11.6. The number of carbonyl (C=O) groups is 1. The molecular weight excluding hydrogens is 228 g/mol. The zero-order chi connectivity index (χ0) is 12.8. The summed E-state index contributed by atoms with van der Waals surface area (Å²) in [6, 6.07) is 7.97. The van der Waals surface area contributed by atoms with Crippen LogP contribution in [0.2, 0.25) is 0 Å². The van der Waals surface area contributed by atoms with Gasteiger partial charge in [0, 0.05) is 0 Å². The molecule has 8 heteroatoms. The molecule has 0 radical (unpaired) electrons. The van der Waals surface area contributed by atoms with Crippen LogP contribution in [0.4, 0.5) is 5.69 Å². The Balaban J connectivity index is 3.09. The summed E-state index contributed by atoms with van der Waals surface area (Å²) in [6.45, 7) is 0. The molecule has 1 aromatic carbocycles. The van der Waals surface area contributed by atoms with E-state index in [0.717, 1.165) is 0 Å². The van der Waals surface area contributed by atoms with Gasteiger partial charge in [-0.05, 0) is 12.1 Å². The highest BCUT2D eigenvalue weighted by molar-refractivity contribution is 6.36. The first-order chi connectivity index (χ1) is 8.11. The topological polar surface area (TPSA) is 109 Å². The molecule has 0 saturated carbocycles.